The van der Waals surface area contributed by atoms with Crippen molar-refractivity contribution in [3.63, 3.8) is 0 Å². The lowest BCUT2D eigenvalue weighted by Gasteiger charge is -2.03. The Morgan fingerprint density at radius 2 is 1.95 bits per heavy atom. The number of aromatic nitrogens is 2. The topological polar surface area (TPSA) is 64.0 Å². The van der Waals surface area contributed by atoms with Crippen LogP contribution in [0.15, 0.2) is 59.1 Å². The molecule has 0 fully saturated rings. The zero-order valence-corrected chi connectivity index (χ0v) is 13.7. The summed E-state index contributed by atoms with van der Waals surface area (Å²) >= 11 is 6.78. The van der Waals surface area contributed by atoms with Crippen molar-refractivity contribution in [2.45, 2.75) is 10.8 Å². The molecule has 3 rings (SSSR count). The van der Waals surface area contributed by atoms with Crippen LogP contribution in [-0.2, 0) is 16.6 Å². The van der Waals surface area contributed by atoms with E-state index in [1.807, 2.05) is 30.3 Å². The molecular formula is C14H12ClN3O2S2. The number of nitrogens with zero attached hydrogens (tertiary/aromatic N) is 2. The summed E-state index contributed by atoms with van der Waals surface area (Å²) < 4.78 is 29.1. The largest absolute Gasteiger partial charge is 0.276 e. The third kappa shape index (κ3) is 3.49. The van der Waals surface area contributed by atoms with Gasteiger partial charge in [-0.2, -0.15) is 5.10 Å². The van der Waals surface area contributed by atoms with Gasteiger partial charge < -0.3 is 0 Å². The number of hydrogen-bond donors (Lipinski definition) is 1. The Bertz CT molecular complexity index is 872. The van der Waals surface area contributed by atoms with E-state index in [1.54, 1.807) is 16.9 Å². The van der Waals surface area contributed by atoms with Gasteiger partial charge in [0.25, 0.3) is 10.0 Å². The van der Waals surface area contributed by atoms with Gasteiger partial charge in [-0.25, -0.2) is 8.42 Å². The van der Waals surface area contributed by atoms with Crippen molar-refractivity contribution in [2.24, 2.45) is 0 Å². The van der Waals surface area contributed by atoms with Crippen molar-refractivity contribution < 1.29 is 8.42 Å². The summed E-state index contributed by atoms with van der Waals surface area (Å²) in [5.41, 5.74) is 1.51. The molecule has 2 heterocycles. The summed E-state index contributed by atoms with van der Waals surface area (Å²) in [5.74, 6) is 0. The van der Waals surface area contributed by atoms with Crippen LogP contribution in [0.1, 0.15) is 5.56 Å². The molecule has 22 heavy (non-hydrogen) atoms. The van der Waals surface area contributed by atoms with E-state index in [4.69, 9.17) is 11.6 Å². The highest BCUT2D eigenvalue weighted by molar-refractivity contribution is 7.94. The Labute approximate surface area is 137 Å². The van der Waals surface area contributed by atoms with Crippen LogP contribution in [0, 0.1) is 0 Å². The fourth-order valence-corrected chi connectivity index (χ4v) is 4.43. The minimum atomic E-state index is -3.62. The van der Waals surface area contributed by atoms with Crippen molar-refractivity contribution in [3.8, 4) is 0 Å². The number of benzene rings is 1. The molecule has 1 aromatic carbocycles. The lowest BCUT2D eigenvalue weighted by atomic mass is 10.2. The van der Waals surface area contributed by atoms with Crippen molar-refractivity contribution in [1.29, 1.82) is 0 Å². The third-order valence-corrected chi connectivity index (χ3v) is 5.99. The molecule has 0 saturated heterocycles. The Morgan fingerprint density at radius 1 is 1.18 bits per heavy atom. The Hall–Kier alpha value is -1.83. The fraction of sp³-hybridized carbons (Fsp3) is 0.0714. The van der Waals surface area contributed by atoms with E-state index in [1.165, 1.54) is 12.3 Å². The first-order valence-corrected chi connectivity index (χ1v) is 9.05. The van der Waals surface area contributed by atoms with E-state index < -0.39 is 10.0 Å². The lowest BCUT2D eigenvalue weighted by molar-refractivity contribution is 0.603. The Balaban J connectivity index is 1.74. The molecule has 0 bridgehead atoms. The van der Waals surface area contributed by atoms with Gasteiger partial charge in [0.15, 0.2) is 0 Å². The van der Waals surface area contributed by atoms with E-state index in [-0.39, 0.29) is 4.21 Å². The van der Waals surface area contributed by atoms with Crippen molar-refractivity contribution in [3.05, 3.63) is 64.8 Å². The van der Waals surface area contributed by atoms with Gasteiger partial charge in [-0.3, -0.25) is 9.40 Å². The SMILES string of the molecule is O=S(=O)(Nc1cnn(Cc2ccccc2)c1)c1ccc(Cl)s1. The first-order chi connectivity index (χ1) is 10.5. The van der Waals surface area contributed by atoms with Gasteiger partial charge in [0.2, 0.25) is 0 Å². The molecule has 0 aliphatic rings. The highest BCUT2D eigenvalue weighted by Gasteiger charge is 2.17. The quantitative estimate of drug-likeness (QED) is 0.764. The van der Waals surface area contributed by atoms with Crippen LogP contribution in [0.5, 0.6) is 0 Å². The number of nitrogens with one attached hydrogen (secondary N) is 1. The van der Waals surface area contributed by atoms with Crippen LogP contribution in [0.3, 0.4) is 0 Å². The summed E-state index contributed by atoms with van der Waals surface area (Å²) in [6.45, 7) is 0.577. The molecule has 8 heteroatoms. The van der Waals surface area contributed by atoms with Crippen LogP contribution in [0.2, 0.25) is 4.34 Å². The van der Waals surface area contributed by atoms with Crippen molar-refractivity contribution in [2.75, 3.05) is 4.72 Å². The molecule has 5 nitrogen and oxygen atoms in total. The number of anilines is 1. The summed E-state index contributed by atoms with van der Waals surface area (Å²) in [4.78, 5) is 0. The Kier molecular flexibility index (Phi) is 4.19. The predicted molar refractivity (Wildman–Crippen MR) is 87.9 cm³/mol. The molecule has 1 N–H and O–H groups in total. The number of hydrogen-bond acceptors (Lipinski definition) is 4. The van der Waals surface area contributed by atoms with Crippen LogP contribution < -0.4 is 4.72 Å². The summed E-state index contributed by atoms with van der Waals surface area (Å²) in [6, 6.07) is 12.8. The first-order valence-electron chi connectivity index (χ1n) is 6.37. The maximum atomic E-state index is 12.2. The molecule has 0 unspecified atom stereocenters. The fourth-order valence-electron chi connectivity index (χ4n) is 1.92. The third-order valence-electron chi connectivity index (χ3n) is 2.89. The van der Waals surface area contributed by atoms with E-state index in [9.17, 15) is 8.42 Å². The second kappa shape index (κ2) is 6.12. The van der Waals surface area contributed by atoms with Crippen LogP contribution in [0.4, 0.5) is 5.69 Å². The van der Waals surface area contributed by atoms with Gasteiger partial charge in [-0.15, -0.1) is 11.3 Å². The minimum absolute atomic E-state index is 0.174. The molecule has 114 valence electrons. The average Bonchev–Trinajstić information content (AvgIpc) is 3.09. The molecular weight excluding hydrogens is 342 g/mol. The highest BCUT2D eigenvalue weighted by Crippen LogP contribution is 2.27. The van der Waals surface area contributed by atoms with Gasteiger partial charge in [0.05, 0.1) is 22.8 Å². The number of thiophene rings is 1. The molecule has 0 amide bonds. The first kappa shape index (κ1) is 15.1. The Morgan fingerprint density at radius 3 is 2.64 bits per heavy atom. The van der Waals surface area contributed by atoms with Crippen molar-refractivity contribution in [1.82, 2.24) is 9.78 Å². The summed E-state index contributed by atoms with van der Waals surface area (Å²) in [6.07, 6.45) is 3.13. The van der Waals surface area contributed by atoms with Crippen LogP contribution in [-0.4, -0.2) is 18.2 Å². The number of rotatable bonds is 5. The number of sulfonamides is 1. The van der Waals surface area contributed by atoms with Gasteiger partial charge in [0.1, 0.15) is 4.21 Å². The smallest absolute Gasteiger partial charge is 0.271 e. The van der Waals surface area contributed by atoms with Crippen LogP contribution >= 0.6 is 22.9 Å². The maximum absolute atomic E-state index is 12.2. The maximum Gasteiger partial charge on any atom is 0.271 e. The standard InChI is InChI=1S/C14H12ClN3O2S2/c15-13-6-7-14(21-13)22(19,20)17-12-8-16-18(10-12)9-11-4-2-1-3-5-11/h1-8,10,17H,9H2. The molecule has 2 aromatic heterocycles. The summed E-state index contributed by atoms with van der Waals surface area (Å²) in [5, 5.41) is 4.16. The number of halogens is 1. The lowest BCUT2D eigenvalue weighted by Crippen LogP contribution is -2.10. The molecule has 0 atom stereocenters. The van der Waals surface area contributed by atoms with E-state index in [2.05, 4.69) is 9.82 Å². The molecule has 0 aliphatic heterocycles. The predicted octanol–water partition coefficient (Wildman–Crippen LogP) is 3.45. The molecule has 0 spiro atoms. The molecule has 0 radical (unpaired) electrons. The van der Waals surface area contributed by atoms with Gasteiger partial charge in [-0.1, -0.05) is 41.9 Å². The summed E-state index contributed by atoms with van der Waals surface area (Å²) in [7, 11) is -3.62. The van der Waals surface area contributed by atoms with E-state index in [0.29, 0.717) is 16.6 Å². The van der Waals surface area contributed by atoms with E-state index >= 15 is 0 Å². The molecule has 0 aliphatic carbocycles. The second-order valence-corrected chi connectivity index (χ2v) is 8.20. The van der Waals surface area contributed by atoms with Crippen molar-refractivity contribution >= 4 is 38.6 Å². The van der Waals surface area contributed by atoms with Crippen LogP contribution in [0.25, 0.3) is 0 Å². The molecule has 3 aromatic rings. The van der Waals surface area contributed by atoms with Gasteiger partial charge in [0, 0.05) is 6.20 Å². The van der Waals surface area contributed by atoms with Gasteiger partial charge >= 0.3 is 0 Å². The monoisotopic (exact) mass is 353 g/mol. The van der Waals surface area contributed by atoms with E-state index in [0.717, 1.165) is 16.9 Å². The normalized spacial score (nSPS) is 11.5. The van der Waals surface area contributed by atoms with Gasteiger partial charge in [-0.05, 0) is 17.7 Å². The second-order valence-electron chi connectivity index (χ2n) is 4.58. The minimum Gasteiger partial charge on any atom is -0.276 e. The highest BCUT2D eigenvalue weighted by atomic mass is 35.5. The zero-order valence-electron chi connectivity index (χ0n) is 11.3. The zero-order chi connectivity index (χ0) is 15.6. The molecule has 0 saturated carbocycles. The average molecular weight is 354 g/mol.